The van der Waals surface area contributed by atoms with E-state index in [1.807, 2.05) is 0 Å². The van der Waals surface area contributed by atoms with Gasteiger partial charge in [0.05, 0.1) is 6.20 Å². The number of hydrogen-bond acceptors (Lipinski definition) is 4. The van der Waals surface area contributed by atoms with E-state index in [-0.39, 0.29) is 11.8 Å². The summed E-state index contributed by atoms with van der Waals surface area (Å²) in [5.74, 6) is 1.21. The number of nitrogens with zero attached hydrogens (tertiary/aromatic N) is 2. The highest BCUT2D eigenvalue weighted by Gasteiger charge is 2.14. The Hall–Kier alpha value is -1.49. The van der Waals surface area contributed by atoms with Crippen LogP contribution in [0, 0.1) is 11.8 Å². The van der Waals surface area contributed by atoms with Gasteiger partial charge < -0.3 is 11.1 Å². The van der Waals surface area contributed by atoms with E-state index in [0.29, 0.717) is 24.7 Å². The van der Waals surface area contributed by atoms with Crippen LogP contribution in [-0.2, 0) is 4.79 Å². The molecule has 0 aromatic carbocycles. The Morgan fingerprint density at radius 3 is 2.76 bits per heavy atom. The van der Waals surface area contributed by atoms with Crippen LogP contribution in [0.3, 0.4) is 0 Å². The van der Waals surface area contributed by atoms with Crippen molar-refractivity contribution in [1.29, 1.82) is 0 Å². The molecule has 0 aliphatic heterocycles. The number of nitrogens with two attached hydrogens (primary N) is 1. The van der Waals surface area contributed by atoms with Gasteiger partial charge in [0.25, 0.3) is 0 Å². The summed E-state index contributed by atoms with van der Waals surface area (Å²) in [4.78, 5) is 19.6. The summed E-state index contributed by atoms with van der Waals surface area (Å²) in [6, 6.07) is 0. The maximum absolute atomic E-state index is 11.7. The van der Waals surface area contributed by atoms with Crippen LogP contribution in [0.15, 0.2) is 18.6 Å². The van der Waals surface area contributed by atoms with E-state index in [9.17, 15) is 4.79 Å². The molecule has 1 heterocycles. The summed E-state index contributed by atoms with van der Waals surface area (Å²) in [5, 5.41) is 2.71. The van der Waals surface area contributed by atoms with Crippen LogP contribution in [0.2, 0.25) is 0 Å². The molecule has 94 valence electrons. The van der Waals surface area contributed by atoms with Crippen molar-refractivity contribution in [3.8, 4) is 0 Å². The van der Waals surface area contributed by atoms with Crippen LogP contribution in [0.4, 0.5) is 5.82 Å². The molecular weight excluding hydrogens is 216 g/mol. The first kappa shape index (κ1) is 13.6. The fourth-order valence-corrected chi connectivity index (χ4v) is 1.75. The lowest BCUT2D eigenvalue weighted by Crippen LogP contribution is -2.23. The summed E-state index contributed by atoms with van der Waals surface area (Å²) in [5.41, 5.74) is 5.65. The minimum atomic E-state index is -0.0541. The lowest BCUT2D eigenvalue weighted by atomic mass is 9.94. The van der Waals surface area contributed by atoms with Crippen molar-refractivity contribution in [2.45, 2.75) is 26.7 Å². The third-order valence-corrected chi connectivity index (χ3v) is 2.44. The van der Waals surface area contributed by atoms with Crippen LogP contribution in [0.1, 0.15) is 26.7 Å². The first-order chi connectivity index (χ1) is 8.11. The SMILES string of the molecule is CC(C)CC(CN)CC(=O)Nc1cnccn1. The average molecular weight is 236 g/mol. The molecule has 5 nitrogen and oxygen atoms in total. The molecule has 0 fully saturated rings. The molecule has 0 radical (unpaired) electrons. The van der Waals surface area contributed by atoms with Gasteiger partial charge in [-0.05, 0) is 24.8 Å². The van der Waals surface area contributed by atoms with Crippen molar-refractivity contribution in [3.05, 3.63) is 18.6 Å². The number of aromatic nitrogens is 2. The molecule has 17 heavy (non-hydrogen) atoms. The molecule has 0 bridgehead atoms. The zero-order valence-electron chi connectivity index (χ0n) is 10.4. The number of amides is 1. The number of carbonyl (C=O) groups is 1. The van der Waals surface area contributed by atoms with E-state index < -0.39 is 0 Å². The topological polar surface area (TPSA) is 80.9 Å². The van der Waals surface area contributed by atoms with E-state index in [1.165, 1.54) is 6.20 Å². The molecule has 0 saturated carbocycles. The van der Waals surface area contributed by atoms with E-state index in [0.717, 1.165) is 6.42 Å². The van der Waals surface area contributed by atoms with Crippen LogP contribution in [0.25, 0.3) is 0 Å². The first-order valence-corrected chi connectivity index (χ1v) is 5.87. The number of nitrogens with one attached hydrogen (secondary N) is 1. The van der Waals surface area contributed by atoms with Gasteiger partial charge in [-0.15, -0.1) is 0 Å². The largest absolute Gasteiger partial charge is 0.330 e. The van der Waals surface area contributed by atoms with Crippen molar-refractivity contribution < 1.29 is 4.79 Å². The fraction of sp³-hybridized carbons (Fsp3) is 0.583. The molecule has 1 rings (SSSR count). The lowest BCUT2D eigenvalue weighted by Gasteiger charge is -2.16. The Morgan fingerprint density at radius 2 is 2.24 bits per heavy atom. The van der Waals surface area contributed by atoms with Gasteiger partial charge in [0.2, 0.25) is 5.91 Å². The average Bonchev–Trinajstić information content (AvgIpc) is 2.28. The number of anilines is 1. The molecule has 0 aliphatic carbocycles. The Morgan fingerprint density at radius 1 is 1.47 bits per heavy atom. The van der Waals surface area contributed by atoms with Gasteiger partial charge in [0.1, 0.15) is 0 Å². The van der Waals surface area contributed by atoms with E-state index >= 15 is 0 Å². The first-order valence-electron chi connectivity index (χ1n) is 5.87. The zero-order chi connectivity index (χ0) is 12.7. The predicted octanol–water partition coefficient (Wildman–Crippen LogP) is 1.43. The van der Waals surface area contributed by atoms with Gasteiger partial charge in [-0.3, -0.25) is 9.78 Å². The maximum atomic E-state index is 11.7. The molecule has 0 spiro atoms. The van der Waals surface area contributed by atoms with Crippen molar-refractivity contribution in [3.63, 3.8) is 0 Å². The van der Waals surface area contributed by atoms with E-state index in [1.54, 1.807) is 12.4 Å². The molecule has 5 heteroatoms. The Bertz CT molecular complexity index is 340. The normalized spacial score (nSPS) is 12.5. The second-order valence-electron chi connectivity index (χ2n) is 4.57. The molecule has 1 aromatic heterocycles. The monoisotopic (exact) mass is 236 g/mol. The minimum Gasteiger partial charge on any atom is -0.330 e. The summed E-state index contributed by atoms with van der Waals surface area (Å²) in [7, 11) is 0. The van der Waals surface area contributed by atoms with Gasteiger partial charge in [-0.1, -0.05) is 13.8 Å². The number of hydrogen-bond donors (Lipinski definition) is 2. The van der Waals surface area contributed by atoms with E-state index in [4.69, 9.17) is 5.73 Å². The summed E-state index contributed by atoms with van der Waals surface area (Å²) in [6.45, 7) is 4.79. The van der Waals surface area contributed by atoms with Crippen LogP contribution in [-0.4, -0.2) is 22.4 Å². The van der Waals surface area contributed by atoms with Crippen molar-refractivity contribution >= 4 is 11.7 Å². The predicted molar refractivity (Wildman–Crippen MR) is 67.3 cm³/mol. The summed E-state index contributed by atoms with van der Waals surface area (Å²) in [6.07, 6.45) is 6.04. The minimum absolute atomic E-state index is 0.0541. The Balaban J connectivity index is 2.43. The highest BCUT2D eigenvalue weighted by atomic mass is 16.1. The van der Waals surface area contributed by atoms with Crippen molar-refractivity contribution in [2.75, 3.05) is 11.9 Å². The smallest absolute Gasteiger partial charge is 0.225 e. The second kappa shape index (κ2) is 6.96. The third-order valence-electron chi connectivity index (χ3n) is 2.44. The quantitative estimate of drug-likeness (QED) is 0.782. The van der Waals surface area contributed by atoms with Gasteiger partial charge in [-0.25, -0.2) is 4.98 Å². The van der Waals surface area contributed by atoms with Gasteiger partial charge in [0.15, 0.2) is 5.82 Å². The van der Waals surface area contributed by atoms with Crippen molar-refractivity contribution in [2.24, 2.45) is 17.6 Å². The standard InChI is InChI=1S/C12H20N4O/c1-9(2)5-10(7-13)6-12(17)16-11-8-14-3-4-15-11/h3-4,8-10H,5-7,13H2,1-2H3,(H,15,16,17). The molecule has 1 unspecified atom stereocenters. The molecule has 0 aliphatic rings. The summed E-state index contributed by atoms with van der Waals surface area (Å²) < 4.78 is 0. The van der Waals surface area contributed by atoms with Crippen LogP contribution in [0.5, 0.6) is 0 Å². The third kappa shape index (κ3) is 5.40. The molecule has 0 saturated heterocycles. The molecule has 1 amide bonds. The fourth-order valence-electron chi connectivity index (χ4n) is 1.75. The maximum Gasteiger partial charge on any atom is 0.225 e. The van der Waals surface area contributed by atoms with Gasteiger partial charge in [0, 0.05) is 18.8 Å². The number of carbonyl (C=O) groups excluding carboxylic acids is 1. The summed E-state index contributed by atoms with van der Waals surface area (Å²) >= 11 is 0. The second-order valence-corrected chi connectivity index (χ2v) is 4.57. The molecule has 3 N–H and O–H groups in total. The Labute approximate surface area is 102 Å². The lowest BCUT2D eigenvalue weighted by molar-refractivity contribution is -0.117. The molecule has 1 aromatic rings. The van der Waals surface area contributed by atoms with Crippen molar-refractivity contribution in [1.82, 2.24) is 9.97 Å². The van der Waals surface area contributed by atoms with Crippen LogP contribution >= 0.6 is 0 Å². The number of rotatable bonds is 6. The van der Waals surface area contributed by atoms with Gasteiger partial charge >= 0.3 is 0 Å². The zero-order valence-corrected chi connectivity index (χ0v) is 10.4. The molecular formula is C12H20N4O. The Kier molecular flexibility index (Phi) is 5.56. The highest BCUT2D eigenvalue weighted by molar-refractivity contribution is 5.89. The van der Waals surface area contributed by atoms with E-state index in [2.05, 4.69) is 29.1 Å². The molecule has 1 atom stereocenters. The highest BCUT2D eigenvalue weighted by Crippen LogP contribution is 2.14. The van der Waals surface area contributed by atoms with Gasteiger partial charge in [-0.2, -0.15) is 0 Å². The van der Waals surface area contributed by atoms with Crippen LogP contribution < -0.4 is 11.1 Å².